The van der Waals surface area contributed by atoms with Crippen LogP contribution in [0.2, 0.25) is 0 Å². The van der Waals surface area contributed by atoms with E-state index in [0.29, 0.717) is 23.3 Å². The van der Waals surface area contributed by atoms with E-state index in [4.69, 9.17) is 19.2 Å². The van der Waals surface area contributed by atoms with Crippen LogP contribution >= 0.6 is 0 Å². The Balaban J connectivity index is 1.12. The van der Waals surface area contributed by atoms with Crippen LogP contribution in [-0.2, 0) is 30.7 Å². The number of ether oxygens (including phenoxy) is 2. The molecule has 2 aliphatic heterocycles. The van der Waals surface area contributed by atoms with E-state index in [-0.39, 0.29) is 31.5 Å². The van der Waals surface area contributed by atoms with Gasteiger partial charge in [-0.3, -0.25) is 19.4 Å². The SMILES string of the molecule is O=C(CN1CCN(CC2CCCO2)CC1)NC(COOCc1ccccc1)C(=O)Nc1ccc(Oc2ccc(F)cc2)cc1. The fourth-order valence-electron chi connectivity index (χ4n) is 5.11. The third-order valence-corrected chi connectivity index (χ3v) is 7.53. The van der Waals surface area contributed by atoms with Crippen LogP contribution in [0.4, 0.5) is 10.1 Å². The number of nitrogens with zero attached hydrogens (tertiary/aromatic N) is 2. The van der Waals surface area contributed by atoms with Crippen molar-refractivity contribution in [3.8, 4) is 11.5 Å². The first-order valence-corrected chi connectivity index (χ1v) is 15.0. The van der Waals surface area contributed by atoms with E-state index in [1.54, 1.807) is 24.3 Å². The number of amides is 2. The molecule has 2 amide bonds. The molecule has 0 saturated carbocycles. The minimum absolute atomic E-state index is 0.175. The van der Waals surface area contributed by atoms with Crippen LogP contribution in [-0.4, -0.2) is 86.2 Å². The molecule has 0 aromatic heterocycles. The average molecular weight is 607 g/mol. The fraction of sp³-hybridized carbons (Fsp3) is 0.394. The summed E-state index contributed by atoms with van der Waals surface area (Å²) in [6.45, 7) is 5.25. The predicted molar refractivity (Wildman–Crippen MR) is 163 cm³/mol. The lowest BCUT2D eigenvalue weighted by molar-refractivity contribution is -0.305. The zero-order valence-corrected chi connectivity index (χ0v) is 24.7. The Morgan fingerprint density at radius 1 is 0.886 bits per heavy atom. The number of hydrogen-bond acceptors (Lipinski definition) is 8. The summed E-state index contributed by atoms with van der Waals surface area (Å²) in [6.07, 6.45) is 2.54. The Morgan fingerprint density at radius 3 is 2.25 bits per heavy atom. The molecule has 3 aromatic rings. The fourth-order valence-corrected chi connectivity index (χ4v) is 5.11. The average Bonchev–Trinajstić information content (AvgIpc) is 3.55. The third kappa shape index (κ3) is 10.1. The molecule has 0 aliphatic carbocycles. The molecule has 0 bridgehead atoms. The summed E-state index contributed by atoms with van der Waals surface area (Å²) >= 11 is 0. The van der Waals surface area contributed by atoms with Crippen molar-refractivity contribution in [2.75, 3.05) is 57.8 Å². The van der Waals surface area contributed by atoms with E-state index in [9.17, 15) is 14.0 Å². The summed E-state index contributed by atoms with van der Waals surface area (Å²) in [5.74, 6) is -0.0577. The Kier molecular flexibility index (Phi) is 11.7. The van der Waals surface area contributed by atoms with Crippen LogP contribution in [0.5, 0.6) is 11.5 Å². The van der Waals surface area contributed by atoms with Crippen molar-refractivity contribution in [2.24, 2.45) is 0 Å². The Labute approximate surface area is 256 Å². The number of rotatable bonds is 14. The molecule has 2 saturated heterocycles. The highest BCUT2D eigenvalue weighted by Crippen LogP contribution is 2.23. The number of benzene rings is 3. The Hall–Kier alpha value is -3.87. The highest BCUT2D eigenvalue weighted by Gasteiger charge is 2.26. The van der Waals surface area contributed by atoms with Crippen LogP contribution in [0.1, 0.15) is 18.4 Å². The van der Waals surface area contributed by atoms with Crippen molar-refractivity contribution in [3.63, 3.8) is 0 Å². The van der Waals surface area contributed by atoms with Crippen LogP contribution < -0.4 is 15.4 Å². The maximum Gasteiger partial charge on any atom is 0.249 e. The summed E-state index contributed by atoms with van der Waals surface area (Å²) in [6, 6.07) is 20.9. The lowest BCUT2D eigenvalue weighted by atomic mass is 10.2. The maximum absolute atomic E-state index is 13.3. The van der Waals surface area contributed by atoms with E-state index >= 15 is 0 Å². The lowest BCUT2D eigenvalue weighted by Gasteiger charge is -2.35. The number of carbonyl (C=O) groups is 2. The molecule has 2 heterocycles. The lowest BCUT2D eigenvalue weighted by Crippen LogP contribution is -2.53. The first kappa shape index (κ1) is 31.6. The topological polar surface area (TPSA) is 102 Å². The van der Waals surface area contributed by atoms with Gasteiger partial charge in [0.1, 0.15) is 36.6 Å². The molecule has 10 nitrogen and oxygen atoms in total. The van der Waals surface area contributed by atoms with Gasteiger partial charge in [0.25, 0.3) is 0 Å². The van der Waals surface area contributed by atoms with Gasteiger partial charge < -0.3 is 20.1 Å². The Morgan fingerprint density at radius 2 is 1.57 bits per heavy atom. The van der Waals surface area contributed by atoms with Gasteiger partial charge >= 0.3 is 0 Å². The van der Waals surface area contributed by atoms with Gasteiger partial charge in [-0.05, 0) is 66.9 Å². The number of hydrogen-bond donors (Lipinski definition) is 2. The summed E-state index contributed by atoms with van der Waals surface area (Å²) in [7, 11) is 0. The van der Waals surface area contributed by atoms with E-state index in [1.165, 1.54) is 24.3 Å². The minimum atomic E-state index is -0.991. The molecular formula is C33H39FN4O6. The second kappa shape index (κ2) is 16.3. The summed E-state index contributed by atoms with van der Waals surface area (Å²) in [4.78, 5) is 41.5. The molecule has 2 aliphatic rings. The van der Waals surface area contributed by atoms with Gasteiger partial charge in [0.2, 0.25) is 11.8 Å². The van der Waals surface area contributed by atoms with Crippen molar-refractivity contribution >= 4 is 17.5 Å². The van der Waals surface area contributed by atoms with Crippen molar-refractivity contribution in [3.05, 3.63) is 90.2 Å². The molecule has 2 atom stereocenters. The van der Waals surface area contributed by atoms with Crippen molar-refractivity contribution in [2.45, 2.75) is 31.6 Å². The normalized spacial score (nSPS) is 18.1. The van der Waals surface area contributed by atoms with Crippen LogP contribution in [0, 0.1) is 5.82 Å². The van der Waals surface area contributed by atoms with E-state index in [1.807, 2.05) is 30.3 Å². The highest BCUT2D eigenvalue weighted by molar-refractivity contribution is 5.97. The number of piperazine rings is 1. The second-order valence-electron chi connectivity index (χ2n) is 10.9. The van der Waals surface area contributed by atoms with Crippen LogP contribution in [0.3, 0.4) is 0 Å². The molecule has 0 radical (unpaired) electrons. The van der Waals surface area contributed by atoms with Crippen LogP contribution in [0.25, 0.3) is 0 Å². The monoisotopic (exact) mass is 606 g/mol. The molecule has 5 rings (SSSR count). The van der Waals surface area contributed by atoms with Crippen molar-refractivity contribution in [1.82, 2.24) is 15.1 Å². The van der Waals surface area contributed by atoms with E-state index in [0.717, 1.165) is 57.7 Å². The molecule has 3 aromatic carbocycles. The smallest absolute Gasteiger partial charge is 0.249 e. The van der Waals surface area contributed by atoms with Gasteiger partial charge in [-0.15, -0.1) is 0 Å². The number of carbonyl (C=O) groups excluding carboxylic acids is 2. The molecule has 44 heavy (non-hydrogen) atoms. The number of anilines is 1. The van der Waals surface area contributed by atoms with Gasteiger partial charge in [-0.25, -0.2) is 14.2 Å². The molecular weight excluding hydrogens is 567 g/mol. The predicted octanol–water partition coefficient (Wildman–Crippen LogP) is 3.99. The van der Waals surface area contributed by atoms with Gasteiger partial charge in [0, 0.05) is 45.0 Å². The highest BCUT2D eigenvalue weighted by atomic mass is 19.1. The summed E-state index contributed by atoms with van der Waals surface area (Å²) < 4.78 is 24.6. The zero-order valence-electron chi connectivity index (χ0n) is 24.7. The molecule has 234 valence electrons. The molecule has 11 heteroatoms. The van der Waals surface area contributed by atoms with Gasteiger partial charge in [0.15, 0.2) is 0 Å². The van der Waals surface area contributed by atoms with Gasteiger partial charge in [0.05, 0.1) is 12.6 Å². The van der Waals surface area contributed by atoms with Crippen molar-refractivity contribution < 1.29 is 33.2 Å². The van der Waals surface area contributed by atoms with E-state index < -0.39 is 11.9 Å². The zero-order chi connectivity index (χ0) is 30.6. The molecule has 2 unspecified atom stereocenters. The van der Waals surface area contributed by atoms with Gasteiger partial charge in [-0.1, -0.05) is 30.3 Å². The second-order valence-corrected chi connectivity index (χ2v) is 10.9. The minimum Gasteiger partial charge on any atom is -0.457 e. The maximum atomic E-state index is 13.3. The first-order chi connectivity index (χ1) is 21.5. The standard InChI is InChI=1S/C33H39FN4O6/c34-26-8-12-28(13-9-26)44-29-14-10-27(11-15-29)35-33(40)31(24-43-42-23-25-5-2-1-3-6-25)36-32(39)22-38-18-16-37(17-19-38)21-30-7-4-20-41-30/h1-3,5-6,8-15,30-31H,4,7,16-24H2,(H,35,40)(H,36,39). The number of nitrogens with one attached hydrogen (secondary N) is 2. The summed E-state index contributed by atoms with van der Waals surface area (Å²) in [5.41, 5.74) is 1.42. The van der Waals surface area contributed by atoms with Gasteiger partial charge in [-0.2, -0.15) is 0 Å². The molecule has 2 N–H and O–H groups in total. The molecule has 2 fully saturated rings. The largest absolute Gasteiger partial charge is 0.457 e. The number of halogens is 1. The Bertz CT molecular complexity index is 1310. The quantitative estimate of drug-likeness (QED) is 0.162. The van der Waals surface area contributed by atoms with E-state index in [2.05, 4.69) is 20.4 Å². The van der Waals surface area contributed by atoms with Crippen molar-refractivity contribution in [1.29, 1.82) is 0 Å². The summed E-state index contributed by atoms with van der Waals surface area (Å²) in [5, 5.41) is 5.64. The first-order valence-electron chi connectivity index (χ1n) is 15.0. The van der Waals surface area contributed by atoms with Crippen LogP contribution in [0.15, 0.2) is 78.9 Å². The third-order valence-electron chi connectivity index (χ3n) is 7.53. The molecule has 0 spiro atoms.